The molecule has 0 atom stereocenters. The molecule has 1 aromatic heterocycles. The van der Waals surface area contributed by atoms with Crippen molar-refractivity contribution >= 4 is 5.97 Å². The van der Waals surface area contributed by atoms with Gasteiger partial charge >= 0.3 is 5.97 Å². The van der Waals surface area contributed by atoms with Crippen LogP contribution in [0.3, 0.4) is 0 Å². The third-order valence-corrected chi connectivity index (χ3v) is 2.47. The van der Waals surface area contributed by atoms with E-state index in [2.05, 4.69) is 10.1 Å². The van der Waals surface area contributed by atoms with E-state index < -0.39 is 5.97 Å². The molecule has 1 heterocycles. The minimum atomic E-state index is -1.11. The van der Waals surface area contributed by atoms with Crippen molar-refractivity contribution in [3.05, 3.63) is 41.7 Å². The van der Waals surface area contributed by atoms with E-state index >= 15 is 0 Å². The Morgan fingerprint density at radius 1 is 1.33 bits per heavy atom. The van der Waals surface area contributed by atoms with Gasteiger partial charge in [-0.15, -0.1) is 0 Å². The molecule has 2 rings (SSSR count). The SMILES string of the molecule is CN(C)Cc1ccc(-c2cc(C(=O)O)on2)cc1. The first-order valence-electron chi connectivity index (χ1n) is 5.50. The number of hydrogen-bond acceptors (Lipinski definition) is 4. The first-order chi connectivity index (χ1) is 8.56. The van der Waals surface area contributed by atoms with E-state index in [1.807, 2.05) is 38.4 Å². The first kappa shape index (κ1) is 12.3. The van der Waals surface area contributed by atoms with Crippen LogP contribution in [0.5, 0.6) is 0 Å². The van der Waals surface area contributed by atoms with Crippen molar-refractivity contribution in [1.29, 1.82) is 0 Å². The molecule has 0 aliphatic carbocycles. The molecule has 0 radical (unpaired) electrons. The van der Waals surface area contributed by atoms with Gasteiger partial charge in [-0.3, -0.25) is 0 Å². The summed E-state index contributed by atoms with van der Waals surface area (Å²) in [6.45, 7) is 0.861. The molecule has 0 unspecified atom stereocenters. The second-order valence-corrected chi connectivity index (χ2v) is 4.32. The van der Waals surface area contributed by atoms with Crippen molar-refractivity contribution in [3.63, 3.8) is 0 Å². The lowest BCUT2D eigenvalue weighted by Gasteiger charge is -2.09. The van der Waals surface area contributed by atoms with Crippen LogP contribution in [0.15, 0.2) is 34.9 Å². The third-order valence-electron chi connectivity index (χ3n) is 2.47. The minimum absolute atomic E-state index is 0.151. The molecule has 1 aromatic carbocycles. The Balaban J connectivity index is 2.20. The van der Waals surface area contributed by atoms with Crippen molar-refractivity contribution in [1.82, 2.24) is 10.1 Å². The number of aromatic carboxylic acids is 1. The zero-order valence-electron chi connectivity index (χ0n) is 10.3. The van der Waals surface area contributed by atoms with Gasteiger partial charge in [-0.1, -0.05) is 29.4 Å². The molecule has 0 spiro atoms. The smallest absolute Gasteiger partial charge is 0.374 e. The lowest BCUT2D eigenvalue weighted by molar-refractivity contribution is 0.0652. The third kappa shape index (κ3) is 2.75. The van der Waals surface area contributed by atoms with Crippen molar-refractivity contribution < 1.29 is 14.4 Å². The van der Waals surface area contributed by atoms with Crippen LogP contribution in [0, 0.1) is 0 Å². The Morgan fingerprint density at radius 2 is 2.00 bits per heavy atom. The molecule has 5 heteroatoms. The number of carboxylic acids is 1. The Kier molecular flexibility index (Phi) is 3.43. The zero-order valence-corrected chi connectivity index (χ0v) is 10.3. The van der Waals surface area contributed by atoms with Gasteiger partial charge in [0.25, 0.3) is 0 Å². The molecule has 18 heavy (non-hydrogen) atoms. The molecule has 1 N–H and O–H groups in total. The van der Waals surface area contributed by atoms with E-state index in [0.717, 1.165) is 12.1 Å². The highest BCUT2D eigenvalue weighted by Crippen LogP contribution is 2.20. The van der Waals surface area contributed by atoms with E-state index in [4.69, 9.17) is 9.63 Å². The Labute approximate surface area is 105 Å². The Morgan fingerprint density at radius 3 is 2.50 bits per heavy atom. The minimum Gasteiger partial charge on any atom is -0.475 e. The molecule has 0 saturated heterocycles. The molecule has 94 valence electrons. The fraction of sp³-hybridized carbons (Fsp3) is 0.231. The van der Waals surface area contributed by atoms with E-state index in [1.54, 1.807) is 0 Å². The quantitative estimate of drug-likeness (QED) is 0.894. The second kappa shape index (κ2) is 5.01. The fourth-order valence-electron chi connectivity index (χ4n) is 1.66. The van der Waals surface area contributed by atoms with Gasteiger partial charge in [0.2, 0.25) is 5.76 Å². The first-order valence-corrected chi connectivity index (χ1v) is 5.50. The molecule has 0 fully saturated rings. The highest BCUT2D eigenvalue weighted by Gasteiger charge is 2.12. The number of rotatable bonds is 4. The maximum absolute atomic E-state index is 10.7. The lowest BCUT2D eigenvalue weighted by Crippen LogP contribution is -2.10. The summed E-state index contributed by atoms with van der Waals surface area (Å²) in [6.07, 6.45) is 0. The number of carboxylic acid groups (broad SMARTS) is 1. The molecule has 0 amide bonds. The summed E-state index contributed by atoms with van der Waals surface area (Å²) in [7, 11) is 4.01. The molecule has 0 bridgehead atoms. The van der Waals surface area contributed by atoms with Crippen molar-refractivity contribution in [2.45, 2.75) is 6.54 Å². The van der Waals surface area contributed by atoms with Crippen LogP contribution in [0.25, 0.3) is 11.3 Å². The predicted molar refractivity (Wildman–Crippen MR) is 66.3 cm³/mol. The van der Waals surface area contributed by atoms with Crippen molar-refractivity contribution in [2.24, 2.45) is 0 Å². The Bertz CT molecular complexity index is 544. The zero-order chi connectivity index (χ0) is 13.1. The number of nitrogens with zero attached hydrogens (tertiary/aromatic N) is 2. The summed E-state index contributed by atoms with van der Waals surface area (Å²) in [5, 5.41) is 12.5. The largest absolute Gasteiger partial charge is 0.475 e. The summed E-state index contributed by atoms with van der Waals surface area (Å²) >= 11 is 0. The standard InChI is InChI=1S/C13H14N2O3/c1-15(2)8-9-3-5-10(6-4-9)11-7-12(13(16)17)18-14-11/h3-7H,8H2,1-2H3,(H,16,17). The maximum Gasteiger partial charge on any atom is 0.374 e. The summed E-state index contributed by atoms with van der Waals surface area (Å²) in [5.41, 5.74) is 2.56. The molecule has 0 aliphatic heterocycles. The summed E-state index contributed by atoms with van der Waals surface area (Å²) < 4.78 is 4.72. The highest BCUT2D eigenvalue weighted by molar-refractivity contribution is 5.85. The van der Waals surface area contributed by atoms with Gasteiger partial charge < -0.3 is 14.5 Å². The number of carbonyl (C=O) groups is 1. The number of aromatic nitrogens is 1. The van der Waals surface area contributed by atoms with Crippen LogP contribution in [0.2, 0.25) is 0 Å². The van der Waals surface area contributed by atoms with Gasteiger partial charge in [0.1, 0.15) is 5.69 Å². The van der Waals surface area contributed by atoms with E-state index in [9.17, 15) is 4.79 Å². The normalized spacial score (nSPS) is 10.8. The molecule has 0 aliphatic rings. The monoisotopic (exact) mass is 246 g/mol. The van der Waals surface area contributed by atoms with Crippen LogP contribution in [0.1, 0.15) is 16.1 Å². The summed E-state index contributed by atoms with van der Waals surface area (Å²) in [4.78, 5) is 12.8. The van der Waals surface area contributed by atoms with Gasteiger partial charge in [-0.25, -0.2) is 4.79 Å². The number of hydrogen-bond donors (Lipinski definition) is 1. The number of benzene rings is 1. The predicted octanol–water partition coefficient (Wildman–Crippen LogP) is 2.10. The molecule has 2 aromatic rings. The van der Waals surface area contributed by atoms with Crippen LogP contribution >= 0.6 is 0 Å². The van der Waals surface area contributed by atoms with E-state index in [1.165, 1.54) is 11.6 Å². The summed E-state index contributed by atoms with van der Waals surface area (Å²) in [6, 6.07) is 9.21. The van der Waals surface area contributed by atoms with E-state index in [0.29, 0.717) is 5.69 Å². The topological polar surface area (TPSA) is 66.6 Å². The second-order valence-electron chi connectivity index (χ2n) is 4.32. The fourth-order valence-corrected chi connectivity index (χ4v) is 1.66. The maximum atomic E-state index is 10.7. The van der Waals surface area contributed by atoms with Gasteiger partial charge in [0.15, 0.2) is 0 Å². The van der Waals surface area contributed by atoms with Crippen LogP contribution in [-0.4, -0.2) is 35.2 Å². The van der Waals surface area contributed by atoms with Crippen LogP contribution < -0.4 is 0 Å². The molecule has 5 nitrogen and oxygen atoms in total. The molecule has 0 saturated carbocycles. The molecular formula is C13H14N2O3. The van der Waals surface area contributed by atoms with Crippen molar-refractivity contribution in [3.8, 4) is 11.3 Å². The van der Waals surface area contributed by atoms with Crippen molar-refractivity contribution in [2.75, 3.05) is 14.1 Å². The average molecular weight is 246 g/mol. The van der Waals surface area contributed by atoms with Gasteiger partial charge in [-0.2, -0.15) is 0 Å². The van der Waals surface area contributed by atoms with Crippen LogP contribution in [0.4, 0.5) is 0 Å². The average Bonchev–Trinajstić information content (AvgIpc) is 2.78. The van der Waals surface area contributed by atoms with Gasteiger partial charge in [-0.05, 0) is 19.7 Å². The lowest BCUT2D eigenvalue weighted by atomic mass is 10.1. The Hall–Kier alpha value is -2.14. The van der Waals surface area contributed by atoms with Crippen LogP contribution in [-0.2, 0) is 6.54 Å². The summed E-state index contributed by atoms with van der Waals surface area (Å²) in [5.74, 6) is -1.26. The van der Waals surface area contributed by atoms with Gasteiger partial charge in [0, 0.05) is 18.2 Å². The highest BCUT2D eigenvalue weighted by atomic mass is 16.5. The van der Waals surface area contributed by atoms with E-state index in [-0.39, 0.29) is 5.76 Å². The van der Waals surface area contributed by atoms with Gasteiger partial charge in [0.05, 0.1) is 0 Å². The molecular weight excluding hydrogens is 232 g/mol.